The van der Waals surface area contributed by atoms with E-state index >= 15 is 0 Å². The lowest BCUT2D eigenvalue weighted by atomic mass is 10.0. The molecule has 1 saturated heterocycles. The lowest BCUT2D eigenvalue weighted by molar-refractivity contribution is -0.118. The first kappa shape index (κ1) is 12.9. The number of benzene rings is 1. The molecule has 1 aliphatic rings. The quantitative estimate of drug-likeness (QED) is 0.859. The second-order valence-electron chi connectivity index (χ2n) is 4.87. The third kappa shape index (κ3) is 2.64. The van der Waals surface area contributed by atoms with E-state index in [1.165, 1.54) is 0 Å². The summed E-state index contributed by atoms with van der Waals surface area (Å²) in [4.78, 5) is 12.1. The highest BCUT2D eigenvalue weighted by Gasteiger charge is 2.29. The number of rotatable bonds is 3. The van der Waals surface area contributed by atoms with Crippen molar-refractivity contribution in [1.29, 1.82) is 0 Å². The molecule has 1 aromatic carbocycles. The first-order chi connectivity index (χ1) is 8.61. The Bertz CT molecular complexity index is 445. The van der Waals surface area contributed by atoms with Crippen LogP contribution >= 0.6 is 0 Å². The Morgan fingerprint density at radius 3 is 2.83 bits per heavy atom. The van der Waals surface area contributed by atoms with E-state index in [0.717, 1.165) is 30.0 Å². The van der Waals surface area contributed by atoms with Crippen molar-refractivity contribution in [3.63, 3.8) is 0 Å². The summed E-state index contributed by atoms with van der Waals surface area (Å²) >= 11 is 0. The Balaban J connectivity index is 2.07. The van der Waals surface area contributed by atoms with Crippen LogP contribution in [0.2, 0.25) is 0 Å². The van der Waals surface area contributed by atoms with Gasteiger partial charge in [0.05, 0.1) is 13.2 Å². The van der Waals surface area contributed by atoms with Crippen LogP contribution in [0.25, 0.3) is 0 Å². The van der Waals surface area contributed by atoms with E-state index in [1.807, 2.05) is 25.1 Å². The van der Waals surface area contributed by atoms with Gasteiger partial charge in [-0.15, -0.1) is 0 Å². The number of carbonyl (C=O) groups is 1. The molecule has 4 nitrogen and oxygen atoms in total. The molecule has 0 aliphatic carbocycles. The number of carbonyl (C=O) groups excluding carboxylic acids is 1. The molecule has 98 valence electrons. The van der Waals surface area contributed by atoms with Gasteiger partial charge >= 0.3 is 0 Å². The Morgan fingerprint density at radius 2 is 2.28 bits per heavy atom. The molecule has 2 N–H and O–H groups in total. The van der Waals surface area contributed by atoms with Crippen molar-refractivity contribution < 1.29 is 9.53 Å². The van der Waals surface area contributed by atoms with Crippen LogP contribution in [0.1, 0.15) is 18.9 Å². The summed E-state index contributed by atoms with van der Waals surface area (Å²) in [5.41, 5.74) is 1.86. The maximum atomic E-state index is 12.1. The minimum atomic E-state index is -0.0773. The van der Waals surface area contributed by atoms with Crippen molar-refractivity contribution in [2.45, 2.75) is 26.3 Å². The van der Waals surface area contributed by atoms with Crippen LogP contribution in [0.15, 0.2) is 18.2 Å². The molecule has 0 radical (unpaired) electrons. The molecule has 18 heavy (non-hydrogen) atoms. The summed E-state index contributed by atoms with van der Waals surface area (Å²) in [6.45, 7) is 4.98. The molecule has 4 heteroatoms. The summed E-state index contributed by atoms with van der Waals surface area (Å²) in [6, 6.07) is 5.58. The van der Waals surface area contributed by atoms with Crippen molar-refractivity contribution in [1.82, 2.24) is 5.32 Å². The predicted molar refractivity (Wildman–Crippen MR) is 71.9 cm³/mol. The fourth-order valence-corrected chi connectivity index (χ4v) is 2.30. The topological polar surface area (TPSA) is 50.4 Å². The van der Waals surface area contributed by atoms with Crippen LogP contribution in [0.4, 0.5) is 5.69 Å². The van der Waals surface area contributed by atoms with Gasteiger partial charge in [0.2, 0.25) is 5.91 Å². The molecule has 1 heterocycles. The number of hydrogen-bond acceptors (Lipinski definition) is 3. The highest BCUT2D eigenvalue weighted by molar-refractivity contribution is 5.95. The number of nitrogens with one attached hydrogen (secondary N) is 2. The highest BCUT2D eigenvalue weighted by atomic mass is 16.5. The fourth-order valence-electron chi connectivity index (χ4n) is 2.30. The molecule has 0 aromatic heterocycles. The number of anilines is 1. The minimum absolute atomic E-state index is 0.0493. The summed E-state index contributed by atoms with van der Waals surface area (Å²) in [5, 5.41) is 6.21. The van der Waals surface area contributed by atoms with Crippen molar-refractivity contribution in [2.75, 3.05) is 19.0 Å². The number of hydrogen-bond donors (Lipinski definition) is 2. The monoisotopic (exact) mass is 248 g/mol. The lowest BCUT2D eigenvalue weighted by Gasteiger charge is -2.16. The summed E-state index contributed by atoms with van der Waals surface area (Å²) < 4.78 is 5.15. The number of ether oxygens (including phenoxy) is 1. The summed E-state index contributed by atoms with van der Waals surface area (Å²) in [6.07, 6.45) is 1.06. The van der Waals surface area contributed by atoms with Gasteiger partial charge in [-0.3, -0.25) is 4.79 Å². The van der Waals surface area contributed by atoms with E-state index in [0.29, 0.717) is 5.92 Å². The van der Waals surface area contributed by atoms with Crippen molar-refractivity contribution >= 4 is 11.6 Å². The van der Waals surface area contributed by atoms with Crippen LogP contribution in [0, 0.1) is 12.8 Å². The van der Waals surface area contributed by atoms with Gasteiger partial charge in [0.1, 0.15) is 5.75 Å². The van der Waals surface area contributed by atoms with Crippen molar-refractivity contribution in [3.05, 3.63) is 23.8 Å². The molecule has 0 saturated carbocycles. The second kappa shape index (κ2) is 5.40. The highest BCUT2D eigenvalue weighted by Crippen LogP contribution is 2.22. The molecule has 0 spiro atoms. The maximum Gasteiger partial charge on any atom is 0.241 e. The third-order valence-electron chi connectivity index (χ3n) is 3.51. The maximum absolute atomic E-state index is 12.1. The minimum Gasteiger partial charge on any atom is -0.497 e. The van der Waals surface area contributed by atoms with E-state index in [9.17, 15) is 4.79 Å². The van der Waals surface area contributed by atoms with Gasteiger partial charge in [0.25, 0.3) is 0 Å². The van der Waals surface area contributed by atoms with Gasteiger partial charge in [0, 0.05) is 5.69 Å². The second-order valence-corrected chi connectivity index (χ2v) is 4.87. The summed E-state index contributed by atoms with van der Waals surface area (Å²) in [7, 11) is 1.64. The molecular weight excluding hydrogens is 228 g/mol. The van der Waals surface area contributed by atoms with Crippen LogP contribution in [0.3, 0.4) is 0 Å². The van der Waals surface area contributed by atoms with Crippen LogP contribution < -0.4 is 15.4 Å². The SMILES string of the molecule is COc1ccc(NC(=O)C2NCCC2C)c(C)c1. The number of amides is 1. The standard InChI is InChI=1S/C14H20N2O2/c1-9-6-7-15-13(9)14(17)16-12-5-4-11(18-3)8-10(12)2/h4-5,8-9,13,15H,6-7H2,1-3H3,(H,16,17). The molecule has 1 aromatic rings. The van der Waals surface area contributed by atoms with Gasteiger partial charge < -0.3 is 15.4 Å². The molecule has 1 fully saturated rings. The smallest absolute Gasteiger partial charge is 0.241 e. The van der Waals surface area contributed by atoms with E-state index in [-0.39, 0.29) is 11.9 Å². The Morgan fingerprint density at radius 1 is 1.50 bits per heavy atom. The molecule has 2 unspecified atom stereocenters. The van der Waals surface area contributed by atoms with Crippen LogP contribution in [-0.2, 0) is 4.79 Å². The largest absolute Gasteiger partial charge is 0.497 e. The molecule has 1 amide bonds. The first-order valence-corrected chi connectivity index (χ1v) is 6.30. The average Bonchev–Trinajstić information content (AvgIpc) is 2.78. The zero-order valence-corrected chi connectivity index (χ0v) is 11.1. The fraction of sp³-hybridized carbons (Fsp3) is 0.500. The lowest BCUT2D eigenvalue weighted by Crippen LogP contribution is -2.39. The number of aryl methyl sites for hydroxylation is 1. The van der Waals surface area contributed by atoms with Gasteiger partial charge in [0.15, 0.2) is 0 Å². The van der Waals surface area contributed by atoms with Crippen LogP contribution in [-0.4, -0.2) is 25.6 Å². The zero-order valence-electron chi connectivity index (χ0n) is 11.1. The molecular formula is C14H20N2O2. The van der Waals surface area contributed by atoms with Gasteiger partial charge in [-0.2, -0.15) is 0 Å². The van der Waals surface area contributed by atoms with Gasteiger partial charge in [-0.25, -0.2) is 0 Å². The van der Waals surface area contributed by atoms with E-state index in [4.69, 9.17) is 4.74 Å². The van der Waals surface area contributed by atoms with Crippen molar-refractivity contribution in [3.8, 4) is 5.75 Å². The number of methoxy groups -OCH3 is 1. The molecule has 2 rings (SSSR count). The van der Waals surface area contributed by atoms with Gasteiger partial charge in [-0.1, -0.05) is 6.92 Å². The first-order valence-electron chi connectivity index (χ1n) is 6.30. The van der Waals surface area contributed by atoms with Crippen molar-refractivity contribution in [2.24, 2.45) is 5.92 Å². The van der Waals surface area contributed by atoms with E-state index in [1.54, 1.807) is 7.11 Å². The Hall–Kier alpha value is -1.55. The third-order valence-corrected chi connectivity index (χ3v) is 3.51. The van der Waals surface area contributed by atoms with Gasteiger partial charge in [-0.05, 0) is 49.6 Å². The van der Waals surface area contributed by atoms with Crippen LogP contribution in [0.5, 0.6) is 5.75 Å². The normalized spacial score (nSPS) is 22.8. The zero-order chi connectivity index (χ0) is 13.1. The summed E-state index contributed by atoms with van der Waals surface area (Å²) in [5.74, 6) is 1.25. The Labute approximate surface area is 108 Å². The molecule has 2 atom stereocenters. The molecule has 0 bridgehead atoms. The molecule has 1 aliphatic heterocycles. The van der Waals surface area contributed by atoms with E-state index in [2.05, 4.69) is 17.6 Å². The predicted octanol–water partition coefficient (Wildman–Crippen LogP) is 1.94. The van der Waals surface area contributed by atoms with E-state index < -0.39 is 0 Å². The Kier molecular flexibility index (Phi) is 3.87. The average molecular weight is 248 g/mol.